The Kier molecular flexibility index (Phi) is 4.73. The number of fused-ring (bicyclic) bond motifs is 1. The van der Waals surface area contributed by atoms with Crippen LogP contribution in [0.1, 0.15) is 17.0 Å². The Morgan fingerprint density at radius 2 is 1.67 bits per heavy atom. The second-order valence-electron chi connectivity index (χ2n) is 6.33. The summed E-state index contributed by atoms with van der Waals surface area (Å²) in [5.74, 6) is 0.590. The Bertz CT molecular complexity index is 1210. The first-order valence-corrected chi connectivity index (χ1v) is 9.44. The van der Waals surface area contributed by atoms with E-state index in [-0.39, 0.29) is 5.56 Å². The lowest BCUT2D eigenvalue weighted by Gasteiger charge is -2.13. The second kappa shape index (κ2) is 7.33. The van der Waals surface area contributed by atoms with E-state index in [0.29, 0.717) is 16.7 Å². The fraction of sp³-hybridized carbons (Fsp3) is 0.0435. The number of aromatic nitrogens is 2. The number of rotatable bonds is 3. The van der Waals surface area contributed by atoms with Gasteiger partial charge in [0.2, 0.25) is 0 Å². The molecule has 0 spiro atoms. The Hall–Kier alpha value is -2.98. The standard InChI is InChI=1S/C23H17BrN2O/c1-16-11-13-21(19(24)15-16)26-22(14-12-17-7-3-2-4-8-17)25-20-10-6-5-9-18(20)23(26)27/h2-15H,1H3. The maximum atomic E-state index is 13.3. The van der Waals surface area contributed by atoms with Gasteiger partial charge in [-0.05, 0) is 64.3 Å². The molecule has 0 bridgehead atoms. The van der Waals surface area contributed by atoms with Gasteiger partial charge in [-0.3, -0.25) is 9.36 Å². The average Bonchev–Trinajstić information content (AvgIpc) is 2.68. The smallest absolute Gasteiger partial charge is 0.266 e. The highest BCUT2D eigenvalue weighted by Gasteiger charge is 2.13. The monoisotopic (exact) mass is 416 g/mol. The van der Waals surface area contributed by atoms with E-state index in [1.165, 1.54) is 0 Å². The maximum Gasteiger partial charge on any atom is 0.266 e. The molecule has 0 saturated carbocycles. The molecule has 0 atom stereocenters. The zero-order valence-corrected chi connectivity index (χ0v) is 16.3. The van der Waals surface area contributed by atoms with Crippen molar-refractivity contribution in [1.82, 2.24) is 9.55 Å². The van der Waals surface area contributed by atoms with Crippen LogP contribution >= 0.6 is 15.9 Å². The van der Waals surface area contributed by atoms with Crippen molar-refractivity contribution in [2.75, 3.05) is 0 Å². The lowest BCUT2D eigenvalue weighted by Crippen LogP contribution is -2.22. The van der Waals surface area contributed by atoms with E-state index in [0.717, 1.165) is 21.3 Å². The van der Waals surface area contributed by atoms with Gasteiger partial charge < -0.3 is 0 Å². The zero-order valence-electron chi connectivity index (χ0n) is 14.8. The molecule has 4 rings (SSSR count). The molecule has 0 radical (unpaired) electrons. The van der Waals surface area contributed by atoms with Crippen molar-refractivity contribution in [1.29, 1.82) is 0 Å². The van der Waals surface area contributed by atoms with Crippen molar-refractivity contribution in [2.45, 2.75) is 6.92 Å². The van der Waals surface area contributed by atoms with E-state index in [1.54, 1.807) is 4.57 Å². The van der Waals surface area contributed by atoms with Gasteiger partial charge in [-0.1, -0.05) is 54.6 Å². The van der Waals surface area contributed by atoms with Gasteiger partial charge in [0.15, 0.2) is 0 Å². The summed E-state index contributed by atoms with van der Waals surface area (Å²) in [6, 6.07) is 23.3. The van der Waals surface area contributed by atoms with Gasteiger partial charge >= 0.3 is 0 Å². The van der Waals surface area contributed by atoms with Crippen LogP contribution in [0.15, 0.2) is 82.1 Å². The highest BCUT2D eigenvalue weighted by atomic mass is 79.9. The number of halogens is 1. The van der Waals surface area contributed by atoms with Crippen LogP contribution in [0.4, 0.5) is 0 Å². The predicted molar refractivity (Wildman–Crippen MR) is 115 cm³/mol. The molecule has 4 aromatic rings. The SMILES string of the molecule is Cc1ccc(-n2c(C=Cc3ccccc3)nc3ccccc3c2=O)c(Br)c1. The molecule has 27 heavy (non-hydrogen) atoms. The zero-order chi connectivity index (χ0) is 18.8. The minimum atomic E-state index is -0.0853. The first-order chi connectivity index (χ1) is 13.1. The van der Waals surface area contributed by atoms with Gasteiger partial charge in [-0.15, -0.1) is 0 Å². The van der Waals surface area contributed by atoms with E-state index in [9.17, 15) is 4.79 Å². The molecule has 0 unspecified atom stereocenters. The summed E-state index contributed by atoms with van der Waals surface area (Å²) < 4.78 is 2.52. The molecule has 0 aliphatic heterocycles. The van der Waals surface area contributed by atoms with Crippen molar-refractivity contribution in [3.05, 3.63) is 105 Å². The van der Waals surface area contributed by atoms with Gasteiger partial charge in [-0.25, -0.2) is 4.98 Å². The van der Waals surface area contributed by atoms with Crippen LogP contribution in [-0.4, -0.2) is 9.55 Å². The summed E-state index contributed by atoms with van der Waals surface area (Å²) in [6.45, 7) is 2.02. The average molecular weight is 417 g/mol. The summed E-state index contributed by atoms with van der Waals surface area (Å²) in [6.07, 6.45) is 3.85. The third kappa shape index (κ3) is 3.49. The van der Waals surface area contributed by atoms with Gasteiger partial charge in [0.1, 0.15) is 5.82 Å². The molecular weight excluding hydrogens is 400 g/mol. The summed E-state index contributed by atoms with van der Waals surface area (Å²) in [7, 11) is 0. The van der Waals surface area contributed by atoms with Crippen LogP contribution in [0.3, 0.4) is 0 Å². The van der Waals surface area contributed by atoms with Gasteiger partial charge in [-0.2, -0.15) is 0 Å². The molecular formula is C23H17BrN2O. The molecule has 0 amide bonds. The highest BCUT2D eigenvalue weighted by molar-refractivity contribution is 9.10. The quantitative estimate of drug-likeness (QED) is 0.433. The third-order valence-corrected chi connectivity index (χ3v) is 5.01. The number of hydrogen-bond donors (Lipinski definition) is 0. The molecule has 4 heteroatoms. The summed E-state index contributed by atoms with van der Waals surface area (Å²) >= 11 is 3.60. The highest BCUT2D eigenvalue weighted by Crippen LogP contribution is 2.24. The minimum absolute atomic E-state index is 0.0853. The topological polar surface area (TPSA) is 34.9 Å². The van der Waals surface area contributed by atoms with Crippen LogP contribution in [0.25, 0.3) is 28.7 Å². The normalized spacial score (nSPS) is 11.3. The molecule has 3 aromatic carbocycles. The fourth-order valence-electron chi connectivity index (χ4n) is 3.02. The molecule has 0 fully saturated rings. The van der Waals surface area contributed by atoms with E-state index >= 15 is 0 Å². The van der Waals surface area contributed by atoms with Gasteiger partial charge in [0.25, 0.3) is 5.56 Å². The first-order valence-electron chi connectivity index (χ1n) is 8.65. The third-order valence-electron chi connectivity index (χ3n) is 4.37. The molecule has 1 heterocycles. The fourth-order valence-corrected chi connectivity index (χ4v) is 3.69. The van der Waals surface area contributed by atoms with Gasteiger partial charge in [0, 0.05) is 4.47 Å². The minimum Gasteiger partial charge on any atom is -0.268 e. The summed E-state index contributed by atoms with van der Waals surface area (Å²) in [4.78, 5) is 18.0. The maximum absolute atomic E-state index is 13.3. The Morgan fingerprint density at radius 1 is 0.926 bits per heavy atom. The lowest BCUT2D eigenvalue weighted by atomic mass is 10.2. The number of aryl methyl sites for hydroxylation is 1. The van der Waals surface area contributed by atoms with Crippen LogP contribution in [0.2, 0.25) is 0 Å². The van der Waals surface area contributed by atoms with Crippen molar-refractivity contribution >= 4 is 39.0 Å². The Morgan fingerprint density at radius 3 is 2.44 bits per heavy atom. The number of benzene rings is 3. The summed E-state index contributed by atoms with van der Waals surface area (Å²) in [5, 5.41) is 0.599. The molecule has 0 N–H and O–H groups in total. The lowest BCUT2D eigenvalue weighted by molar-refractivity contribution is 0.938. The molecule has 0 aliphatic rings. The van der Waals surface area contributed by atoms with Crippen LogP contribution in [0.5, 0.6) is 0 Å². The number of para-hydroxylation sites is 1. The molecule has 1 aromatic heterocycles. The first kappa shape index (κ1) is 17.4. The molecule has 0 aliphatic carbocycles. The van der Waals surface area contributed by atoms with Crippen molar-refractivity contribution in [3.63, 3.8) is 0 Å². The van der Waals surface area contributed by atoms with E-state index < -0.39 is 0 Å². The van der Waals surface area contributed by atoms with Crippen LogP contribution in [-0.2, 0) is 0 Å². The van der Waals surface area contributed by atoms with E-state index in [2.05, 4.69) is 15.9 Å². The molecule has 132 valence electrons. The van der Waals surface area contributed by atoms with E-state index in [4.69, 9.17) is 4.98 Å². The van der Waals surface area contributed by atoms with Crippen LogP contribution in [0, 0.1) is 6.92 Å². The number of nitrogens with zero attached hydrogens (tertiary/aromatic N) is 2. The second-order valence-corrected chi connectivity index (χ2v) is 7.18. The summed E-state index contributed by atoms with van der Waals surface area (Å²) in [5.41, 5.74) is 3.55. The van der Waals surface area contributed by atoms with Gasteiger partial charge in [0.05, 0.1) is 16.6 Å². The van der Waals surface area contributed by atoms with Crippen molar-refractivity contribution in [3.8, 4) is 5.69 Å². The molecule has 0 saturated heterocycles. The Labute approximate surface area is 165 Å². The largest absolute Gasteiger partial charge is 0.268 e. The predicted octanol–water partition coefficient (Wildman–Crippen LogP) is 5.63. The van der Waals surface area contributed by atoms with E-state index in [1.807, 2.05) is 91.9 Å². The van der Waals surface area contributed by atoms with Crippen LogP contribution < -0.4 is 5.56 Å². The number of hydrogen-bond acceptors (Lipinski definition) is 2. The molecule has 3 nitrogen and oxygen atoms in total. The van der Waals surface area contributed by atoms with Crippen molar-refractivity contribution in [2.24, 2.45) is 0 Å². The van der Waals surface area contributed by atoms with Crippen molar-refractivity contribution < 1.29 is 0 Å². The Balaban J connectivity index is 1.98.